The molecule has 0 radical (unpaired) electrons. The van der Waals surface area contributed by atoms with Gasteiger partial charge in [0.25, 0.3) is 5.91 Å². The predicted molar refractivity (Wildman–Crippen MR) is 104 cm³/mol. The minimum atomic E-state index is -3.61. The van der Waals surface area contributed by atoms with E-state index in [2.05, 4.69) is 9.71 Å². The summed E-state index contributed by atoms with van der Waals surface area (Å²) in [6, 6.07) is 10.1. The third kappa shape index (κ3) is 5.14. The van der Waals surface area contributed by atoms with Gasteiger partial charge in [0.15, 0.2) is 0 Å². The number of amides is 1. The van der Waals surface area contributed by atoms with Crippen molar-refractivity contribution < 1.29 is 13.2 Å². The summed E-state index contributed by atoms with van der Waals surface area (Å²) in [5.74, 6) is -0.193. The third-order valence-corrected chi connectivity index (χ3v) is 6.42. The number of sulfonamides is 1. The molecule has 6 nitrogen and oxygen atoms in total. The molecule has 0 unspecified atom stereocenters. The summed E-state index contributed by atoms with van der Waals surface area (Å²) >= 11 is 0. The van der Waals surface area contributed by atoms with Crippen molar-refractivity contribution in [2.75, 3.05) is 13.6 Å². The molecule has 144 valence electrons. The van der Waals surface area contributed by atoms with Crippen molar-refractivity contribution in [2.24, 2.45) is 0 Å². The second kappa shape index (κ2) is 8.63. The molecule has 1 fully saturated rings. The van der Waals surface area contributed by atoms with Gasteiger partial charge in [-0.05, 0) is 55.2 Å². The first-order valence-electron chi connectivity index (χ1n) is 9.22. The van der Waals surface area contributed by atoms with Crippen LogP contribution < -0.4 is 4.72 Å². The standard InChI is InChI=1S/C20H25N3O3S/c1-23(14-11-16-9-12-21-13-10-16)20(24)17-5-4-8-19(15-17)27(25,26)22-18-6-2-3-7-18/h4-5,8-10,12-13,15,18,22H,2-3,6-7,11,14H2,1H3. The lowest BCUT2D eigenvalue weighted by Gasteiger charge is -2.18. The Balaban J connectivity index is 1.67. The highest BCUT2D eigenvalue weighted by atomic mass is 32.2. The fourth-order valence-corrected chi connectivity index (χ4v) is 4.65. The molecule has 2 aromatic rings. The SMILES string of the molecule is CN(CCc1ccncc1)C(=O)c1cccc(S(=O)(=O)NC2CCCC2)c1. The second-order valence-corrected chi connectivity index (χ2v) is 8.68. The van der Waals surface area contributed by atoms with E-state index >= 15 is 0 Å². The summed E-state index contributed by atoms with van der Waals surface area (Å²) in [5, 5.41) is 0. The Morgan fingerprint density at radius 1 is 1.19 bits per heavy atom. The number of carbonyl (C=O) groups excluding carboxylic acids is 1. The van der Waals surface area contributed by atoms with Crippen LogP contribution in [-0.4, -0.2) is 43.8 Å². The van der Waals surface area contributed by atoms with Crippen molar-refractivity contribution in [3.8, 4) is 0 Å². The maximum Gasteiger partial charge on any atom is 0.253 e. The van der Waals surface area contributed by atoms with E-state index in [4.69, 9.17) is 0 Å². The minimum absolute atomic E-state index is 0.00241. The minimum Gasteiger partial charge on any atom is -0.341 e. The summed E-state index contributed by atoms with van der Waals surface area (Å²) in [7, 11) is -1.88. The number of hydrogen-bond donors (Lipinski definition) is 1. The van der Waals surface area contributed by atoms with Crippen LogP contribution in [0.2, 0.25) is 0 Å². The van der Waals surface area contributed by atoms with Crippen molar-refractivity contribution in [1.82, 2.24) is 14.6 Å². The number of pyridine rings is 1. The van der Waals surface area contributed by atoms with Crippen molar-refractivity contribution in [3.05, 3.63) is 59.9 Å². The van der Waals surface area contributed by atoms with Crippen LogP contribution in [0.5, 0.6) is 0 Å². The monoisotopic (exact) mass is 387 g/mol. The van der Waals surface area contributed by atoms with Gasteiger partial charge in [-0.2, -0.15) is 0 Å². The maximum absolute atomic E-state index is 12.7. The van der Waals surface area contributed by atoms with Gasteiger partial charge >= 0.3 is 0 Å². The zero-order valence-corrected chi connectivity index (χ0v) is 16.3. The first kappa shape index (κ1) is 19.5. The Morgan fingerprint density at radius 2 is 1.89 bits per heavy atom. The zero-order valence-electron chi connectivity index (χ0n) is 15.5. The maximum atomic E-state index is 12.7. The van der Waals surface area contributed by atoms with E-state index in [1.54, 1.807) is 36.5 Å². The molecule has 27 heavy (non-hydrogen) atoms. The van der Waals surface area contributed by atoms with Gasteiger partial charge in [0.2, 0.25) is 10.0 Å². The van der Waals surface area contributed by atoms with Crippen LogP contribution in [0.1, 0.15) is 41.6 Å². The molecule has 0 spiro atoms. The first-order valence-corrected chi connectivity index (χ1v) is 10.7. The Labute approximate surface area is 160 Å². The highest BCUT2D eigenvalue weighted by Gasteiger charge is 2.24. The highest BCUT2D eigenvalue weighted by molar-refractivity contribution is 7.89. The largest absolute Gasteiger partial charge is 0.341 e. The van der Waals surface area contributed by atoms with Gasteiger partial charge in [0.05, 0.1) is 4.90 Å². The van der Waals surface area contributed by atoms with Gasteiger partial charge in [-0.15, -0.1) is 0 Å². The molecule has 1 heterocycles. The van der Waals surface area contributed by atoms with Crippen molar-refractivity contribution in [2.45, 2.75) is 43.0 Å². The summed E-state index contributed by atoms with van der Waals surface area (Å²) in [5.41, 5.74) is 1.48. The van der Waals surface area contributed by atoms with Gasteiger partial charge in [0, 0.05) is 37.6 Å². The van der Waals surface area contributed by atoms with Crippen LogP contribution in [0.25, 0.3) is 0 Å². The number of carbonyl (C=O) groups is 1. The predicted octanol–water partition coefficient (Wildman–Crippen LogP) is 2.62. The van der Waals surface area contributed by atoms with Crippen LogP contribution in [0, 0.1) is 0 Å². The lowest BCUT2D eigenvalue weighted by molar-refractivity contribution is 0.0796. The van der Waals surface area contributed by atoms with Crippen molar-refractivity contribution in [3.63, 3.8) is 0 Å². The molecule has 3 rings (SSSR count). The Bertz CT molecular complexity index is 878. The highest BCUT2D eigenvalue weighted by Crippen LogP contribution is 2.21. The summed E-state index contributed by atoms with van der Waals surface area (Å²) < 4.78 is 28.0. The average Bonchev–Trinajstić information content (AvgIpc) is 3.18. The summed E-state index contributed by atoms with van der Waals surface area (Å²) in [4.78, 5) is 18.4. The number of rotatable bonds is 7. The molecule has 1 saturated carbocycles. The molecule has 1 aromatic carbocycles. The molecule has 1 aliphatic carbocycles. The topological polar surface area (TPSA) is 79.4 Å². The van der Waals surface area contributed by atoms with E-state index in [1.165, 1.54) is 12.1 Å². The molecular weight excluding hydrogens is 362 g/mol. The summed E-state index contributed by atoms with van der Waals surface area (Å²) in [6.45, 7) is 0.542. The fourth-order valence-electron chi connectivity index (χ4n) is 3.30. The number of benzene rings is 1. The summed E-state index contributed by atoms with van der Waals surface area (Å²) in [6.07, 6.45) is 8.00. The van der Waals surface area contributed by atoms with Crippen LogP contribution in [0.4, 0.5) is 0 Å². The van der Waals surface area contributed by atoms with E-state index in [-0.39, 0.29) is 16.8 Å². The molecule has 0 aliphatic heterocycles. The lowest BCUT2D eigenvalue weighted by atomic mass is 10.1. The third-order valence-electron chi connectivity index (χ3n) is 4.90. The van der Waals surface area contributed by atoms with Gasteiger partial charge in [-0.25, -0.2) is 13.1 Å². The lowest BCUT2D eigenvalue weighted by Crippen LogP contribution is -2.33. The fraction of sp³-hybridized carbons (Fsp3) is 0.400. The quantitative estimate of drug-likeness (QED) is 0.792. The van der Waals surface area contributed by atoms with Crippen LogP contribution >= 0.6 is 0 Å². The van der Waals surface area contributed by atoms with Crippen LogP contribution in [-0.2, 0) is 16.4 Å². The van der Waals surface area contributed by atoms with Crippen LogP contribution in [0.3, 0.4) is 0 Å². The molecule has 1 aliphatic rings. The molecular formula is C20H25N3O3S. The van der Waals surface area contributed by atoms with Crippen molar-refractivity contribution in [1.29, 1.82) is 0 Å². The number of nitrogens with one attached hydrogen (secondary N) is 1. The van der Waals surface area contributed by atoms with Gasteiger partial charge in [-0.3, -0.25) is 9.78 Å². The molecule has 7 heteroatoms. The zero-order chi connectivity index (χ0) is 19.3. The van der Waals surface area contributed by atoms with Crippen molar-refractivity contribution >= 4 is 15.9 Å². The number of nitrogens with zero attached hydrogens (tertiary/aromatic N) is 2. The first-order chi connectivity index (χ1) is 13.0. The smallest absolute Gasteiger partial charge is 0.253 e. The molecule has 0 atom stereocenters. The normalized spacial score (nSPS) is 15.0. The van der Waals surface area contributed by atoms with E-state index in [1.807, 2.05) is 12.1 Å². The molecule has 0 saturated heterocycles. The molecule has 1 aromatic heterocycles. The van der Waals surface area contributed by atoms with E-state index < -0.39 is 10.0 Å². The van der Waals surface area contributed by atoms with E-state index in [0.29, 0.717) is 18.5 Å². The Morgan fingerprint density at radius 3 is 2.59 bits per heavy atom. The van der Waals surface area contributed by atoms with E-state index in [0.717, 1.165) is 31.2 Å². The number of hydrogen-bond acceptors (Lipinski definition) is 4. The second-order valence-electron chi connectivity index (χ2n) is 6.96. The van der Waals surface area contributed by atoms with Gasteiger partial charge in [-0.1, -0.05) is 18.9 Å². The Hall–Kier alpha value is -2.25. The average molecular weight is 388 g/mol. The Kier molecular flexibility index (Phi) is 6.23. The number of aromatic nitrogens is 1. The molecule has 1 N–H and O–H groups in total. The van der Waals surface area contributed by atoms with Gasteiger partial charge < -0.3 is 4.90 Å². The number of likely N-dealkylation sites (N-methyl/N-ethyl adjacent to an activating group) is 1. The molecule has 0 bridgehead atoms. The van der Waals surface area contributed by atoms with Gasteiger partial charge in [0.1, 0.15) is 0 Å². The molecule has 1 amide bonds. The van der Waals surface area contributed by atoms with Crippen LogP contribution in [0.15, 0.2) is 53.7 Å². The van der Waals surface area contributed by atoms with E-state index in [9.17, 15) is 13.2 Å².